The Morgan fingerprint density at radius 1 is 0.673 bits per heavy atom. The van der Waals surface area contributed by atoms with Crippen LogP contribution in [0.1, 0.15) is 24.2 Å². The maximum Gasteiger partial charge on any atom is 0.266 e. The number of nitrogen functional groups attached to an aromatic ring is 1. The van der Waals surface area contributed by atoms with E-state index in [1.54, 1.807) is 91.3 Å². The number of ether oxygens (including phenoxy) is 4. The van der Waals surface area contributed by atoms with Crippen LogP contribution < -0.4 is 30.0 Å². The lowest BCUT2D eigenvalue weighted by molar-refractivity contribution is 0.102. The molecule has 0 atom stereocenters. The lowest BCUT2D eigenvalue weighted by Gasteiger charge is -2.13. The van der Waals surface area contributed by atoms with Crippen molar-refractivity contribution in [3.63, 3.8) is 0 Å². The number of carbonyl (C=O) groups excluding carboxylic acids is 1. The van der Waals surface area contributed by atoms with Gasteiger partial charge in [-0.3, -0.25) is 14.8 Å². The molecule has 0 bridgehead atoms. The van der Waals surface area contributed by atoms with Crippen LogP contribution in [0.4, 0.5) is 11.4 Å². The Morgan fingerprint density at radius 3 is 1.83 bits per heavy atom. The summed E-state index contributed by atoms with van der Waals surface area (Å²) >= 11 is 0. The topological polar surface area (TPSA) is 196 Å². The lowest BCUT2D eigenvalue weighted by atomic mass is 10.1. The van der Waals surface area contributed by atoms with E-state index in [2.05, 4.69) is 35.7 Å². The van der Waals surface area contributed by atoms with E-state index in [4.69, 9.17) is 33.5 Å². The van der Waals surface area contributed by atoms with Gasteiger partial charge >= 0.3 is 0 Å². The van der Waals surface area contributed by atoms with Crippen molar-refractivity contribution in [1.29, 1.82) is 0 Å². The average molecular weight is 701 g/mol. The first-order valence-corrected chi connectivity index (χ1v) is 15.9. The standard InChI is InChI=1S/C24H22N4O5.C13H10N4O2/c1-3-30-21-9-8-16(12-22(21)31-4-2)23(29)27-17-6-5-7-18(13-17)33-19-10-11-25-20(14-19)24-28-26-15-32-24;14-9-2-1-3-10(6-9)19-11-4-5-15-12(7-11)13-17-16-8-18-13/h5-15H,3-4H2,1-2H3,(H,27,29);1-8H,14H2. The molecule has 3 aromatic carbocycles. The second-order valence-electron chi connectivity index (χ2n) is 10.5. The smallest absolute Gasteiger partial charge is 0.266 e. The van der Waals surface area contributed by atoms with Crippen LogP contribution in [0.5, 0.6) is 34.5 Å². The van der Waals surface area contributed by atoms with Crippen LogP contribution in [0.15, 0.2) is 125 Å². The first-order valence-electron chi connectivity index (χ1n) is 15.9. The molecular weight excluding hydrogens is 668 g/mol. The van der Waals surface area contributed by atoms with Gasteiger partial charge in [0, 0.05) is 53.6 Å². The Balaban J connectivity index is 0.000000206. The number of hydrogen-bond acceptors (Lipinski definition) is 14. The third-order valence-electron chi connectivity index (χ3n) is 6.85. The second kappa shape index (κ2) is 16.9. The highest BCUT2D eigenvalue weighted by Gasteiger charge is 2.13. The molecule has 0 aliphatic carbocycles. The molecule has 0 fully saturated rings. The van der Waals surface area contributed by atoms with Crippen molar-refractivity contribution < 1.29 is 32.6 Å². The summed E-state index contributed by atoms with van der Waals surface area (Å²) in [5.41, 5.74) is 8.42. The molecule has 0 spiro atoms. The molecule has 0 aliphatic heterocycles. The SMILES string of the molecule is CCOc1ccc(C(=O)Nc2cccc(Oc3ccnc(-c4nnco4)c3)c2)cc1OCC.Nc1cccc(Oc2ccnc(-c3nnco3)c2)c1. The maximum absolute atomic E-state index is 12.8. The molecule has 15 nitrogen and oxygen atoms in total. The molecule has 7 rings (SSSR count). The predicted octanol–water partition coefficient (Wildman–Crippen LogP) is 7.48. The Kier molecular flexibility index (Phi) is 11.2. The van der Waals surface area contributed by atoms with Gasteiger partial charge in [-0.25, -0.2) is 0 Å². The molecule has 0 unspecified atom stereocenters. The van der Waals surface area contributed by atoms with Crippen molar-refractivity contribution >= 4 is 17.3 Å². The minimum absolute atomic E-state index is 0.279. The summed E-state index contributed by atoms with van der Waals surface area (Å²) in [6.45, 7) is 4.74. The average Bonchev–Trinajstić information content (AvgIpc) is 3.90. The molecule has 52 heavy (non-hydrogen) atoms. The minimum atomic E-state index is -0.279. The summed E-state index contributed by atoms with van der Waals surface area (Å²) in [6, 6.07) is 26.2. The summed E-state index contributed by atoms with van der Waals surface area (Å²) in [4.78, 5) is 21.1. The van der Waals surface area contributed by atoms with Gasteiger partial charge in [0.2, 0.25) is 12.8 Å². The highest BCUT2D eigenvalue weighted by molar-refractivity contribution is 6.04. The largest absolute Gasteiger partial charge is 0.490 e. The summed E-state index contributed by atoms with van der Waals surface area (Å²) < 4.78 is 33.0. The third-order valence-corrected chi connectivity index (χ3v) is 6.85. The summed E-state index contributed by atoms with van der Waals surface area (Å²) in [6.07, 6.45) is 5.68. The summed E-state index contributed by atoms with van der Waals surface area (Å²) in [7, 11) is 0. The van der Waals surface area contributed by atoms with Crippen LogP contribution in [0, 0.1) is 0 Å². The van der Waals surface area contributed by atoms with Gasteiger partial charge in [0.25, 0.3) is 17.7 Å². The van der Waals surface area contributed by atoms with E-state index in [0.29, 0.717) is 87.8 Å². The van der Waals surface area contributed by atoms with Crippen molar-refractivity contribution in [1.82, 2.24) is 30.4 Å². The monoisotopic (exact) mass is 700 g/mol. The van der Waals surface area contributed by atoms with Gasteiger partial charge in [-0.1, -0.05) is 12.1 Å². The zero-order valence-electron chi connectivity index (χ0n) is 28.0. The van der Waals surface area contributed by atoms with Gasteiger partial charge in [-0.15, -0.1) is 20.4 Å². The Bertz CT molecular complexity index is 2210. The molecule has 4 aromatic heterocycles. The zero-order chi connectivity index (χ0) is 36.1. The zero-order valence-corrected chi connectivity index (χ0v) is 28.0. The fourth-order valence-electron chi connectivity index (χ4n) is 4.64. The van der Waals surface area contributed by atoms with Crippen molar-refractivity contribution in [2.24, 2.45) is 0 Å². The first-order chi connectivity index (χ1) is 25.5. The molecular formula is C37H32N8O7. The number of carbonyl (C=O) groups is 1. The van der Waals surface area contributed by atoms with E-state index >= 15 is 0 Å². The van der Waals surface area contributed by atoms with E-state index in [9.17, 15) is 4.79 Å². The van der Waals surface area contributed by atoms with Crippen LogP contribution in [0.25, 0.3) is 23.2 Å². The molecule has 3 N–H and O–H groups in total. The van der Waals surface area contributed by atoms with Gasteiger partial charge in [0.1, 0.15) is 34.4 Å². The number of hydrogen-bond donors (Lipinski definition) is 2. The van der Waals surface area contributed by atoms with Crippen molar-refractivity contribution in [3.05, 3.63) is 122 Å². The maximum atomic E-state index is 12.8. The van der Waals surface area contributed by atoms with Crippen LogP contribution in [0.3, 0.4) is 0 Å². The number of nitrogens with two attached hydrogens (primary N) is 1. The number of pyridine rings is 2. The number of benzene rings is 3. The van der Waals surface area contributed by atoms with Crippen LogP contribution in [-0.4, -0.2) is 49.5 Å². The van der Waals surface area contributed by atoms with Crippen LogP contribution in [0.2, 0.25) is 0 Å². The lowest BCUT2D eigenvalue weighted by Crippen LogP contribution is -2.12. The quantitative estimate of drug-likeness (QED) is 0.119. The van der Waals surface area contributed by atoms with Gasteiger partial charge in [-0.2, -0.15) is 0 Å². The molecule has 1 amide bonds. The van der Waals surface area contributed by atoms with Crippen LogP contribution in [-0.2, 0) is 0 Å². The molecule has 262 valence electrons. The first kappa shape index (κ1) is 34.6. The van der Waals surface area contributed by atoms with Crippen molar-refractivity contribution in [2.45, 2.75) is 13.8 Å². The normalized spacial score (nSPS) is 10.4. The fourth-order valence-corrected chi connectivity index (χ4v) is 4.64. The third kappa shape index (κ3) is 9.23. The molecule has 0 saturated carbocycles. The second-order valence-corrected chi connectivity index (χ2v) is 10.5. The van der Waals surface area contributed by atoms with Crippen LogP contribution >= 0.6 is 0 Å². The molecule has 0 radical (unpaired) electrons. The summed E-state index contributed by atoms with van der Waals surface area (Å²) in [5.74, 6) is 3.84. The van der Waals surface area contributed by atoms with Gasteiger partial charge in [-0.05, 0) is 68.4 Å². The predicted molar refractivity (Wildman–Crippen MR) is 189 cm³/mol. The molecule has 0 aliphatic rings. The number of anilines is 2. The molecule has 7 aromatic rings. The Morgan fingerprint density at radius 2 is 1.25 bits per heavy atom. The van der Waals surface area contributed by atoms with Crippen molar-refractivity contribution in [2.75, 3.05) is 24.3 Å². The number of rotatable bonds is 12. The number of nitrogens with one attached hydrogen (secondary N) is 1. The molecule has 0 saturated heterocycles. The van der Waals surface area contributed by atoms with Crippen molar-refractivity contribution in [3.8, 4) is 57.7 Å². The highest BCUT2D eigenvalue weighted by Crippen LogP contribution is 2.30. The van der Waals surface area contributed by atoms with E-state index in [1.807, 2.05) is 26.0 Å². The minimum Gasteiger partial charge on any atom is -0.490 e. The molecule has 15 heteroatoms. The Hall–Kier alpha value is -7.29. The number of nitrogens with zero attached hydrogens (tertiary/aromatic N) is 6. The van der Waals surface area contributed by atoms with E-state index in [1.165, 1.54) is 12.8 Å². The highest BCUT2D eigenvalue weighted by atomic mass is 16.5. The van der Waals surface area contributed by atoms with Gasteiger partial charge in [0.05, 0.1) is 13.2 Å². The van der Waals surface area contributed by atoms with E-state index in [-0.39, 0.29) is 5.91 Å². The summed E-state index contributed by atoms with van der Waals surface area (Å²) in [5, 5.41) is 17.8. The van der Waals surface area contributed by atoms with Gasteiger partial charge in [0.15, 0.2) is 11.5 Å². The van der Waals surface area contributed by atoms with E-state index in [0.717, 1.165) is 0 Å². The number of amides is 1. The molecule has 4 heterocycles. The number of aromatic nitrogens is 6. The van der Waals surface area contributed by atoms with E-state index < -0.39 is 0 Å². The van der Waals surface area contributed by atoms with Gasteiger partial charge < -0.3 is 38.8 Å². The Labute approximate surface area is 297 Å². The fraction of sp³-hybridized carbons (Fsp3) is 0.108.